The molecule has 0 saturated carbocycles. The first kappa shape index (κ1) is 13.1. The van der Waals surface area contributed by atoms with Crippen molar-refractivity contribution in [1.82, 2.24) is 10.3 Å². The van der Waals surface area contributed by atoms with Gasteiger partial charge in [-0.15, -0.1) is 0 Å². The van der Waals surface area contributed by atoms with E-state index in [1.54, 1.807) is 12.3 Å². The molecule has 0 fully saturated rings. The second-order valence-electron chi connectivity index (χ2n) is 4.09. The molecule has 4 nitrogen and oxygen atoms in total. The summed E-state index contributed by atoms with van der Waals surface area (Å²) in [4.78, 5) is 4.00. The Labute approximate surface area is 112 Å². The lowest BCUT2D eigenvalue weighted by molar-refractivity contribution is 0.305. The molecule has 1 aromatic heterocycles. The molecule has 0 aliphatic carbocycles. The molecule has 0 spiro atoms. The zero-order valence-corrected chi connectivity index (χ0v) is 10.8. The second-order valence-corrected chi connectivity index (χ2v) is 4.09. The van der Waals surface area contributed by atoms with Gasteiger partial charge in [-0.05, 0) is 30.8 Å². The Morgan fingerprint density at radius 3 is 2.74 bits per heavy atom. The standard InChI is InChI=1S/C15H15N3O/c1-17-10-12-4-6-14(7-5-12)19-11-13-3-2-8-18-15(13)9-16/h2-8,17H,10-11H2,1H3. The van der Waals surface area contributed by atoms with Gasteiger partial charge in [-0.3, -0.25) is 0 Å². The van der Waals surface area contributed by atoms with Crippen LogP contribution in [0.3, 0.4) is 0 Å². The van der Waals surface area contributed by atoms with Gasteiger partial charge in [0.05, 0.1) is 0 Å². The van der Waals surface area contributed by atoms with Crippen molar-refractivity contribution in [2.45, 2.75) is 13.2 Å². The van der Waals surface area contributed by atoms with Crippen molar-refractivity contribution in [2.75, 3.05) is 7.05 Å². The maximum absolute atomic E-state index is 8.94. The van der Waals surface area contributed by atoms with Crippen molar-refractivity contribution < 1.29 is 4.74 Å². The summed E-state index contributed by atoms with van der Waals surface area (Å²) in [7, 11) is 1.91. The summed E-state index contributed by atoms with van der Waals surface area (Å²) in [5.74, 6) is 0.785. The first-order valence-electron chi connectivity index (χ1n) is 6.04. The van der Waals surface area contributed by atoms with Gasteiger partial charge in [0, 0.05) is 18.3 Å². The number of benzene rings is 1. The number of nitrogens with zero attached hydrogens (tertiary/aromatic N) is 2. The Balaban J connectivity index is 2.00. The van der Waals surface area contributed by atoms with Gasteiger partial charge in [-0.2, -0.15) is 5.26 Å². The van der Waals surface area contributed by atoms with Crippen molar-refractivity contribution >= 4 is 0 Å². The number of aromatic nitrogens is 1. The molecule has 0 aliphatic heterocycles. The van der Waals surface area contributed by atoms with Gasteiger partial charge in [-0.25, -0.2) is 4.98 Å². The summed E-state index contributed by atoms with van der Waals surface area (Å²) in [6, 6.07) is 13.6. The minimum atomic E-state index is 0.349. The molecule has 0 atom stereocenters. The van der Waals surface area contributed by atoms with Gasteiger partial charge in [0.1, 0.15) is 24.1 Å². The maximum atomic E-state index is 8.94. The normalized spacial score (nSPS) is 9.89. The summed E-state index contributed by atoms with van der Waals surface area (Å²) in [5, 5.41) is 12.0. The van der Waals surface area contributed by atoms with E-state index in [1.165, 1.54) is 5.56 Å². The Hall–Kier alpha value is -2.38. The third-order valence-electron chi connectivity index (χ3n) is 2.70. The van der Waals surface area contributed by atoms with E-state index in [0.717, 1.165) is 17.9 Å². The fourth-order valence-electron chi connectivity index (χ4n) is 1.72. The Bertz CT molecular complexity index is 573. The van der Waals surface area contributed by atoms with E-state index in [4.69, 9.17) is 10.00 Å². The first-order valence-corrected chi connectivity index (χ1v) is 6.04. The highest BCUT2D eigenvalue weighted by molar-refractivity contribution is 5.31. The molecule has 0 bridgehead atoms. The van der Waals surface area contributed by atoms with Crippen LogP contribution in [0.4, 0.5) is 0 Å². The van der Waals surface area contributed by atoms with Crippen LogP contribution in [0.15, 0.2) is 42.6 Å². The van der Waals surface area contributed by atoms with Crippen LogP contribution in [-0.4, -0.2) is 12.0 Å². The highest BCUT2D eigenvalue weighted by atomic mass is 16.5. The average molecular weight is 253 g/mol. The van der Waals surface area contributed by atoms with Gasteiger partial charge < -0.3 is 10.1 Å². The number of nitrogens with one attached hydrogen (secondary N) is 1. The molecule has 0 unspecified atom stereocenters. The fourth-order valence-corrected chi connectivity index (χ4v) is 1.72. The summed E-state index contributed by atoms with van der Waals surface area (Å²) in [6.45, 7) is 1.18. The van der Waals surface area contributed by atoms with Crippen LogP contribution in [0.25, 0.3) is 0 Å². The van der Waals surface area contributed by atoms with E-state index < -0.39 is 0 Å². The highest BCUT2D eigenvalue weighted by Crippen LogP contribution is 2.15. The summed E-state index contributed by atoms with van der Waals surface area (Å²) < 4.78 is 5.66. The minimum Gasteiger partial charge on any atom is -0.489 e. The van der Waals surface area contributed by atoms with Crippen LogP contribution in [0.2, 0.25) is 0 Å². The van der Waals surface area contributed by atoms with Gasteiger partial charge in [0.25, 0.3) is 0 Å². The third kappa shape index (κ3) is 3.54. The molecule has 0 amide bonds. The van der Waals surface area contributed by atoms with Gasteiger partial charge in [0.15, 0.2) is 0 Å². The van der Waals surface area contributed by atoms with Crippen molar-refractivity contribution in [3.8, 4) is 11.8 Å². The Morgan fingerprint density at radius 2 is 2.05 bits per heavy atom. The number of hydrogen-bond donors (Lipinski definition) is 1. The summed E-state index contributed by atoms with van der Waals surface area (Å²) in [6.07, 6.45) is 1.61. The smallest absolute Gasteiger partial charge is 0.147 e. The van der Waals surface area contributed by atoms with Crippen molar-refractivity contribution in [1.29, 1.82) is 5.26 Å². The van der Waals surface area contributed by atoms with Gasteiger partial charge in [-0.1, -0.05) is 18.2 Å². The molecule has 96 valence electrons. The van der Waals surface area contributed by atoms with E-state index in [1.807, 2.05) is 37.4 Å². The minimum absolute atomic E-state index is 0.349. The molecule has 1 aromatic carbocycles. The lowest BCUT2D eigenvalue weighted by atomic mass is 10.2. The monoisotopic (exact) mass is 253 g/mol. The molecule has 1 heterocycles. The number of hydrogen-bond acceptors (Lipinski definition) is 4. The topological polar surface area (TPSA) is 57.9 Å². The highest BCUT2D eigenvalue weighted by Gasteiger charge is 2.03. The summed E-state index contributed by atoms with van der Waals surface area (Å²) in [5.41, 5.74) is 2.41. The maximum Gasteiger partial charge on any atom is 0.147 e. The molecule has 0 radical (unpaired) electrons. The van der Waals surface area contributed by atoms with E-state index in [2.05, 4.69) is 16.4 Å². The van der Waals surface area contributed by atoms with E-state index >= 15 is 0 Å². The quantitative estimate of drug-likeness (QED) is 0.888. The predicted octanol–water partition coefficient (Wildman–Crippen LogP) is 2.25. The van der Waals surface area contributed by atoms with Crippen LogP contribution < -0.4 is 10.1 Å². The van der Waals surface area contributed by atoms with E-state index in [0.29, 0.717) is 12.3 Å². The number of nitriles is 1. The second kappa shape index (κ2) is 6.53. The van der Waals surface area contributed by atoms with Crippen LogP contribution in [0, 0.1) is 11.3 Å². The lowest BCUT2D eigenvalue weighted by Crippen LogP contribution is -2.04. The van der Waals surface area contributed by atoms with Gasteiger partial charge >= 0.3 is 0 Å². The van der Waals surface area contributed by atoms with Crippen molar-refractivity contribution in [3.63, 3.8) is 0 Å². The van der Waals surface area contributed by atoms with E-state index in [-0.39, 0.29) is 0 Å². The zero-order valence-electron chi connectivity index (χ0n) is 10.8. The molecule has 4 heteroatoms. The molecule has 0 saturated heterocycles. The molecule has 19 heavy (non-hydrogen) atoms. The molecular weight excluding hydrogens is 238 g/mol. The van der Waals surface area contributed by atoms with Crippen LogP contribution in [-0.2, 0) is 13.2 Å². The number of rotatable bonds is 5. The van der Waals surface area contributed by atoms with Crippen LogP contribution in [0.5, 0.6) is 5.75 Å². The fraction of sp³-hybridized carbons (Fsp3) is 0.200. The number of ether oxygens (including phenoxy) is 1. The largest absolute Gasteiger partial charge is 0.489 e. The molecule has 1 N–H and O–H groups in total. The zero-order chi connectivity index (χ0) is 13.5. The first-order chi connectivity index (χ1) is 9.33. The predicted molar refractivity (Wildman–Crippen MR) is 72.5 cm³/mol. The number of pyridine rings is 1. The molecular formula is C15H15N3O. The average Bonchev–Trinajstić information content (AvgIpc) is 2.47. The van der Waals surface area contributed by atoms with Gasteiger partial charge in [0.2, 0.25) is 0 Å². The Kier molecular flexibility index (Phi) is 4.49. The van der Waals surface area contributed by atoms with E-state index in [9.17, 15) is 0 Å². The molecule has 2 rings (SSSR count). The van der Waals surface area contributed by atoms with Crippen LogP contribution in [0.1, 0.15) is 16.8 Å². The Morgan fingerprint density at radius 1 is 1.26 bits per heavy atom. The molecule has 0 aliphatic rings. The van der Waals surface area contributed by atoms with Crippen LogP contribution >= 0.6 is 0 Å². The summed E-state index contributed by atoms with van der Waals surface area (Å²) >= 11 is 0. The molecule has 2 aromatic rings. The SMILES string of the molecule is CNCc1ccc(OCc2cccnc2C#N)cc1. The van der Waals surface area contributed by atoms with Crippen molar-refractivity contribution in [2.24, 2.45) is 0 Å². The van der Waals surface area contributed by atoms with Crippen molar-refractivity contribution in [3.05, 3.63) is 59.4 Å². The lowest BCUT2D eigenvalue weighted by Gasteiger charge is -2.08. The third-order valence-corrected chi connectivity index (χ3v) is 2.70.